The van der Waals surface area contributed by atoms with E-state index in [1.54, 1.807) is 6.92 Å². The molecule has 4 nitrogen and oxygen atoms in total. The highest BCUT2D eigenvalue weighted by molar-refractivity contribution is 5.85. The number of hydrogen-bond acceptors (Lipinski definition) is 3. The summed E-state index contributed by atoms with van der Waals surface area (Å²) < 4.78 is 0. The van der Waals surface area contributed by atoms with Crippen molar-refractivity contribution < 1.29 is 4.79 Å². The molecule has 0 bridgehead atoms. The van der Waals surface area contributed by atoms with Gasteiger partial charge in [-0.3, -0.25) is 4.79 Å². The van der Waals surface area contributed by atoms with Gasteiger partial charge in [0.1, 0.15) is 0 Å². The molecule has 0 aromatic rings. The predicted molar refractivity (Wildman–Crippen MR) is 55.3 cm³/mol. The van der Waals surface area contributed by atoms with Gasteiger partial charge in [-0.1, -0.05) is 13.8 Å². The van der Waals surface area contributed by atoms with Crippen molar-refractivity contribution in [2.45, 2.75) is 51.6 Å². The zero-order valence-corrected chi connectivity index (χ0v) is 9.13. The summed E-state index contributed by atoms with van der Waals surface area (Å²) in [6.45, 7) is 5.49. The molecule has 0 radical (unpaired) electrons. The number of rotatable bonds is 5. The second kappa shape index (κ2) is 5.61. The Morgan fingerprint density at radius 1 is 1.64 bits per heavy atom. The molecule has 0 heterocycles. The fourth-order valence-corrected chi connectivity index (χ4v) is 0.918. The summed E-state index contributed by atoms with van der Waals surface area (Å²) in [6, 6.07) is 1.96. The maximum Gasteiger partial charge on any atom is 0.240 e. The maximum absolute atomic E-state index is 11.6. The van der Waals surface area contributed by atoms with Gasteiger partial charge < -0.3 is 11.1 Å². The third kappa shape index (κ3) is 3.75. The molecule has 80 valence electrons. The Morgan fingerprint density at radius 3 is 2.57 bits per heavy atom. The zero-order valence-electron chi connectivity index (χ0n) is 9.13. The summed E-state index contributed by atoms with van der Waals surface area (Å²) in [6.07, 6.45) is 1.67. The van der Waals surface area contributed by atoms with Crippen LogP contribution in [0.4, 0.5) is 0 Å². The van der Waals surface area contributed by atoms with E-state index in [1.807, 2.05) is 19.9 Å². The average molecular weight is 197 g/mol. The van der Waals surface area contributed by atoms with Crippen molar-refractivity contribution in [2.75, 3.05) is 0 Å². The predicted octanol–water partition coefficient (Wildman–Crippen LogP) is 0.922. The zero-order chi connectivity index (χ0) is 11.2. The van der Waals surface area contributed by atoms with Gasteiger partial charge in [0.05, 0.1) is 18.0 Å². The number of nitrogens with two attached hydrogens (primary N) is 1. The van der Waals surface area contributed by atoms with Crippen LogP contribution in [0.2, 0.25) is 0 Å². The number of carbonyl (C=O) groups excluding carboxylic acids is 1. The summed E-state index contributed by atoms with van der Waals surface area (Å²) in [5, 5.41) is 11.3. The summed E-state index contributed by atoms with van der Waals surface area (Å²) in [5.74, 6) is -0.179. The van der Waals surface area contributed by atoms with Gasteiger partial charge in [0.25, 0.3) is 0 Å². The molecule has 0 saturated carbocycles. The molecule has 0 rings (SSSR count). The topological polar surface area (TPSA) is 78.9 Å². The quantitative estimate of drug-likeness (QED) is 0.688. The summed E-state index contributed by atoms with van der Waals surface area (Å²) >= 11 is 0. The lowest BCUT2D eigenvalue weighted by molar-refractivity contribution is -0.126. The van der Waals surface area contributed by atoms with Crippen LogP contribution in [0.25, 0.3) is 0 Å². The van der Waals surface area contributed by atoms with E-state index in [1.165, 1.54) is 0 Å². The average Bonchev–Trinajstić information content (AvgIpc) is 2.16. The van der Waals surface area contributed by atoms with Gasteiger partial charge in [-0.05, 0) is 19.8 Å². The highest BCUT2D eigenvalue weighted by Crippen LogP contribution is 2.06. The smallest absolute Gasteiger partial charge is 0.240 e. The van der Waals surface area contributed by atoms with E-state index in [9.17, 15) is 4.79 Å². The monoisotopic (exact) mass is 197 g/mol. The van der Waals surface area contributed by atoms with E-state index in [4.69, 9.17) is 11.0 Å². The van der Waals surface area contributed by atoms with Gasteiger partial charge in [-0.25, -0.2) is 0 Å². The van der Waals surface area contributed by atoms with Crippen LogP contribution in [-0.2, 0) is 4.79 Å². The van der Waals surface area contributed by atoms with Crippen molar-refractivity contribution in [1.82, 2.24) is 5.32 Å². The molecular weight excluding hydrogens is 178 g/mol. The highest BCUT2D eigenvalue weighted by Gasteiger charge is 2.27. The largest absolute Gasteiger partial charge is 0.351 e. The molecule has 0 fully saturated rings. The first-order valence-electron chi connectivity index (χ1n) is 4.94. The second-order valence-electron chi connectivity index (χ2n) is 3.71. The van der Waals surface area contributed by atoms with Crippen LogP contribution >= 0.6 is 0 Å². The minimum Gasteiger partial charge on any atom is -0.351 e. The van der Waals surface area contributed by atoms with Crippen molar-refractivity contribution >= 4 is 5.91 Å². The van der Waals surface area contributed by atoms with Crippen molar-refractivity contribution in [3.63, 3.8) is 0 Å². The van der Waals surface area contributed by atoms with Crippen LogP contribution in [0.1, 0.15) is 40.0 Å². The lowest BCUT2D eigenvalue weighted by Crippen LogP contribution is -2.53. The number of nitrogens with zero attached hydrogens (tertiary/aromatic N) is 1. The molecule has 2 unspecified atom stereocenters. The first-order chi connectivity index (χ1) is 6.47. The fraction of sp³-hybridized carbons (Fsp3) is 0.800. The summed E-state index contributed by atoms with van der Waals surface area (Å²) in [4.78, 5) is 11.6. The molecule has 0 aromatic carbocycles. The minimum atomic E-state index is -0.830. The Morgan fingerprint density at radius 2 is 2.21 bits per heavy atom. The van der Waals surface area contributed by atoms with Crippen LogP contribution < -0.4 is 11.1 Å². The van der Waals surface area contributed by atoms with Gasteiger partial charge in [-0.2, -0.15) is 5.26 Å². The molecule has 14 heavy (non-hydrogen) atoms. The Bertz CT molecular complexity index is 230. The summed E-state index contributed by atoms with van der Waals surface area (Å²) in [7, 11) is 0. The molecule has 4 heteroatoms. The number of amides is 1. The van der Waals surface area contributed by atoms with E-state index in [0.29, 0.717) is 12.8 Å². The van der Waals surface area contributed by atoms with Crippen LogP contribution in [0, 0.1) is 11.3 Å². The number of hydrogen-bond donors (Lipinski definition) is 2. The van der Waals surface area contributed by atoms with E-state index in [0.717, 1.165) is 6.42 Å². The van der Waals surface area contributed by atoms with Gasteiger partial charge in [0.15, 0.2) is 0 Å². The molecule has 0 spiro atoms. The third-order valence-corrected chi connectivity index (χ3v) is 2.42. The van der Waals surface area contributed by atoms with Crippen LogP contribution in [0.15, 0.2) is 0 Å². The molecule has 0 aliphatic rings. The Labute approximate surface area is 85.5 Å². The normalized spacial score (nSPS) is 16.5. The van der Waals surface area contributed by atoms with E-state index in [-0.39, 0.29) is 11.9 Å². The Balaban J connectivity index is 4.23. The van der Waals surface area contributed by atoms with Crippen LogP contribution in [0.5, 0.6) is 0 Å². The molecule has 1 amide bonds. The van der Waals surface area contributed by atoms with Crippen molar-refractivity contribution in [2.24, 2.45) is 5.73 Å². The van der Waals surface area contributed by atoms with E-state index in [2.05, 4.69) is 5.32 Å². The number of carbonyl (C=O) groups is 1. The van der Waals surface area contributed by atoms with Gasteiger partial charge in [0.2, 0.25) is 5.91 Å². The van der Waals surface area contributed by atoms with E-state index < -0.39 is 5.54 Å². The summed E-state index contributed by atoms with van der Waals surface area (Å²) in [5.41, 5.74) is 4.93. The van der Waals surface area contributed by atoms with Crippen LogP contribution in [0.3, 0.4) is 0 Å². The third-order valence-electron chi connectivity index (χ3n) is 2.42. The standard InChI is InChI=1S/C10H19N3O/c1-4-8(6-7-11)13-9(14)10(3,12)5-2/h8H,4-6,12H2,1-3H3,(H,13,14). The van der Waals surface area contributed by atoms with Gasteiger partial charge in [-0.15, -0.1) is 0 Å². The SMILES string of the molecule is CCC(CC#N)NC(=O)C(C)(N)CC. The van der Waals surface area contributed by atoms with Gasteiger partial charge >= 0.3 is 0 Å². The molecule has 2 atom stereocenters. The molecule has 0 aliphatic carbocycles. The molecule has 0 saturated heterocycles. The maximum atomic E-state index is 11.6. The first kappa shape index (κ1) is 12.9. The van der Waals surface area contributed by atoms with E-state index >= 15 is 0 Å². The molecular formula is C10H19N3O. The molecule has 0 aliphatic heterocycles. The number of nitriles is 1. The van der Waals surface area contributed by atoms with Crippen molar-refractivity contribution in [1.29, 1.82) is 5.26 Å². The molecule has 3 N–H and O–H groups in total. The number of nitrogens with one attached hydrogen (secondary N) is 1. The second-order valence-corrected chi connectivity index (χ2v) is 3.71. The Hall–Kier alpha value is -1.08. The van der Waals surface area contributed by atoms with Crippen molar-refractivity contribution in [3.8, 4) is 6.07 Å². The Kier molecular flexibility index (Phi) is 5.18. The lowest BCUT2D eigenvalue weighted by Gasteiger charge is -2.24. The van der Waals surface area contributed by atoms with Crippen LogP contribution in [-0.4, -0.2) is 17.5 Å². The molecule has 0 aromatic heterocycles. The lowest BCUT2D eigenvalue weighted by atomic mass is 9.98. The highest BCUT2D eigenvalue weighted by atomic mass is 16.2. The minimum absolute atomic E-state index is 0.0816. The van der Waals surface area contributed by atoms with Crippen molar-refractivity contribution in [3.05, 3.63) is 0 Å². The first-order valence-corrected chi connectivity index (χ1v) is 4.94. The van der Waals surface area contributed by atoms with Gasteiger partial charge in [0, 0.05) is 6.04 Å². The fourth-order valence-electron chi connectivity index (χ4n) is 0.918.